The van der Waals surface area contributed by atoms with E-state index in [1.54, 1.807) is 6.07 Å². The average molecular weight is 233 g/mol. The van der Waals surface area contributed by atoms with E-state index in [0.29, 0.717) is 11.8 Å². The molecule has 0 saturated carbocycles. The van der Waals surface area contributed by atoms with E-state index in [2.05, 4.69) is 18.4 Å². The van der Waals surface area contributed by atoms with Crippen molar-refractivity contribution in [2.24, 2.45) is 0 Å². The first kappa shape index (κ1) is 11.5. The highest BCUT2D eigenvalue weighted by Crippen LogP contribution is 2.28. The molecule has 90 valence electrons. The molecule has 2 rings (SSSR count). The van der Waals surface area contributed by atoms with Crippen molar-refractivity contribution in [1.82, 2.24) is 4.57 Å². The zero-order chi connectivity index (χ0) is 12.4. The molecule has 0 amide bonds. The number of nitrogens with zero attached hydrogens (tertiary/aromatic N) is 1. The number of hydrogen-bond acceptors (Lipinski definition) is 2. The first-order valence-electron chi connectivity index (χ1n) is 5.53. The minimum atomic E-state index is -0.967. The monoisotopic (exact) mass is 233 g/mol. The summed E-state index contributed by atoms with van der Waals surface area (Å²) in [4.78, 5) is 10.5. The third-order valence-corrected chi connectivity index (χ3v) is 2.63. The molecule has 0 bridgehead atoms. The zero-order valence-corrected chi connectivity index (χ0v) is 9.88. The Labute approximate surface area is 99.4 Å². The van der Waals surface area contributed by atoms with E-state index < -0.39 is 5.97 Å². The van der Waals surface area contributed by atoms with Crippen molar-refractivity contribution in [2.75, 3.05) is 6.61 Å². The Morgan fingerprint density at radius 2 is 2.18 bits per heavy atom. The second-order valence-electron chi connectivity index (χ2n) is 4.19. The number of ether oxygens (including phenoxy) is 1. The van der Waals surface area contributed by atoms with Gasteiger partial charge in [-0.05, 0) is 32.0 Å². The molecule has 0 spiro atoms. The predicted molar refractivity (Wildman–Crippen MR) is 65.5 cm³/mol. The summed E-state index contributed by atoms with van der Waals surface area (Å²) >= 11 is 0. The molecule has 0 saturated heterocycles. The summed E-state index contributed by atoms with van der Waals surface area (Å²) in [5, 5.41) is 9.56. The Bertz CT molecular complexity index is 543. The van der Waals surface area contributed by atoms with Crippen LogP contribution in [0.1, 0.15) is 19.9 Å². The summed E-state index contributed by atoms with van der Waals surface area (Å²) in [6.45, 7) is 3.89. The van der Waals surface area contributed by atoms with Crippen LogP contribution in [0.2, 0.25) is 0 Å². The lowest BCUT2D eigenvalue weighted by molar-refractivity contribution is -0.139. The minimum Gasteiger partial charge on any atom is -0.481 e. The van der Waals surface area contributed by atoms with Crippen LogP contribution < -0.4 is 4.74 Å². The maximum Gasteiger partial charge on any atom is 0.341 e. The van der Waals surface area contributed by atoms with E-state index in [1.807, 2.05) is 24.4 Å². The van der Waals surface area contributed by atoms with Gasteiger partial charge in [0.05, 0.1) is 5.52 Å². The number of rotatable bonds is 4. The van der Waals surface area contributed by atoms with Crippen LogP contribution in [0.5, 0.6) is 5.75 Å². The van der Waals surface area contributed by atoms with Gasteiger partial charge in [-0.15, -0.1) is 0 Å². The van der Waals surface area contributed by atoms with E-state index in [9.17, 15) is 4.79 Å². The molecule has 0 aliphatic heterocycles. The van der Waals surface area contributed by atoms with Gasteiger partial charge in [0.25, 0.3) is 0 Å². The largest absolute Gasteiger partial charge is 0.481 e. The van der Waals surface area contributed by atoms with E-state index in [1.165, 1.54) is 0 Å². The molecule has 1 aromatic heterocycles. The highest BCUT2D eigenvalue weighted by molar-refractivity contribution is 5.86. The molecule has 1 aromatic carbocycles. The number of carbonyl (C=O) groups is 1. The Morgan fingerprint density at radius 1 is 1.41 bits per heavy atom. The van der Waals surface area contributed by atoms with Gasteiger partial charge in [0.15, 0.2) is 6.61 Å². The lowest BCUT2D eigenvalue weighted by Crippen LogP contribution is -2.09. The lowest BCUT2D eigenvalue weighted by atomic mass is 10.2. The van der Waals surface area contributed by atoms with Crippen LogP contribution in [0.4, 0.5) is 0 Å². The molecule has 0 aliphatic rings. The van der Waals surface area contributed by atoms with Gasteiger partial charge in [-0.25, -0.2) is 4.79 Å². The fraction of sp³-hybridized carbons (Fsp3) is 0.308. The van der Waals surface area contributed by atoms with Gasteiger partial charge in [-0.2, -0.15) is 0 Å². The minimum absolute atomic E-state index is 0.314. The molecule has 4 heteroatoms. The zero-order valence-electron chi connectivity index (χ0n) is 9.88. The Hall–Kier alpha value is -1.97. The molecule has 17 heavy (non-hydrogen) atoms. The Kier molecular flexibility index (Phi) is 3.04. The molecule has 2 aromatic rings. The molecule has 0 fully saturated rings. The number of aliphatic carboxylic acids is 1. The molecule has 0 atom stereocenters. The van der Waals surface area contributed by atoms with E-state index in [4.69, 9.17) is 9.84 Å². The second kappa shape index (κ2) is 4.49. The number of carboxylic acids is 1. The first-order valence-corrected chi connectivity index (χ1v) is 5.53. The molecule has 4 nitrogen and oxygen atoms in total. The predicted octanol–water partition coefficient (Wildman–Crippen LogP) is 2.69. The standard InChI is InChI=1S/C13H15NO3/c1-9(2)14-7-6-10-11(14)4-3-5-12(10)17-8-13(15)16/h3-7,9H,8H2,1-2H3,(H,15,16). The molecule has 0 radical (unpaired) electrons. The Morgan fingerprint density at radius 3 is 2.82 bits per heavy atom. The van der Waals surface area contributed by atoms with Gasteiger partial charge in [-0.3, -0.25) is 0 Å². The third-order valence-electron chi connectivity index (χ3n) is 2.63. The van der Waals surface area contributed by atoms with Crippen LogP contribution in [0, 0.1) is 0 Å². The van der Waals surface area contributed by atoms with Gasteiger partial charge < -0.3 is 14.4 Å². The van der Waals surface area contributed by atoms with Gasteiger partial charge in [0, 0.05) is 17.6 Å². The maximum atomic E-state index is 10.5. The fourth-order valence-electron chi connectivity index (χ4n) is 1.88. The number of carboxylic acid groups (broad SMARTS) is 1. The summed E-state index contributed by atoms with van der Waals surface area (Å²) in [6.07, 6.45) is 1.99. The van der Waals surface area contributed by atoms with Crippen LogP contribution in [-0.2, 0) is 4.79 Å². The normalized spacial score (nSPS) is 11.0. The topological polar surface area (TPSA) is 51.5 Å². The van der Waals surface area contributed by atoms with Crippen molar-refractivity contribution in [3.8, 4) is 5.75 Å². The summed E-state index contributed by atoms with van der Waals surface area (Å²) in [5.74, 6) is -0.352. The number of benzene rings is 1. The molecule has 1 N–H and O–H groups in total. The summed E-state index contributed by atoms with van der Waals surface area (Å²) in [5.41, 5.74) is 1.06. The van der Waals surface area contributed by atoms with Crippen LogP contribution in [0.3, 0.4) is 0 Å². The van der Waals surface area contributed by atoms with Crippen LogP contribution in [0.25, 0.3) is 10.9 Å². The third kappa shape index (κ3) is 2.25. The molecule has 1 heterocycles. The summed E-state index contributed by atoms with van der Waals surface area (Å²) in [6, 6.07) is 7.98. The highest BCUT2D eigenvalue weighted by atomic mass is 16.5. The van der Waals surface area contributed by atoms with E-state index in [0.717, 1.165) is 10.9 Å². The molecule has 0 aliphatic carbocycles. The smallest absolute Gasteiger partial charge is 0.341 e. The first-order chi connectivity index (χ1) is 8.09. The van der Waals surface area contributed by atoms with Crippen molar-refractivity contribution in [3.05, 3.63) is 30.5 Å². The SMILES string of the molecule is CC(C)n1ccc2c(OCC(=O)O)cccc21. The lowest BCUT2D eigenvalue weighted by Gasteiger charge is -2.10. The molecular weight excluding hydrogens is 218 g/mol. The van der Waals surface area contributed by atoms with E-state index in [-0.39, 0.29) is 6.61 Å². The second-order valence-corrected chi connectivity index (χ2v) is 4.19. The van der Waals surface area contributed by atoms with Crippen LogP contribution in [-0.4, -0.2) is 22.2 Å². The van der Waals surface area contributed by atoms with Crippen molar-refractivity contribution in [2.45, 2.75) is 19.9 Å². The van der Waals surface area contributed by atoms with Gasteiger partial charge in [0.2, 0.25) is 0 Å². The van der Waals surface area contributed by atoms with Crippen molar-refractivity contribution < 1.29 is 14.6 Å². The highest BCUT2D eigenvalue weighted by Gasteiger charge is 2.09. The van der Waals surface area contributed by atoms with E-state index >= 15 is 0 Å². The summed E-state index contributed by atoms with van der Waals surface area (Å²) in [7, 11) is 0. The summed E-state index contributed by atoms with van der Waals surface area (Å²) < 4.78 is 7.39. The molecular formula is C13H15NO3. The van der Waals surface area contributed by atoms with Gasteiger partial charge >= 0.3 is 5.97 Å². The van der Waals surface area contributed by atoms with Gasteiger partial charge in [0.1, 0.15) is 5.75 Å². The van der Waals surface area contributed by atoms with Crippen molar-refractivity contribution in [3.63, 3.8) is 0 Å². The fourth-order valence-corrected chi connectivity index (χ4v) is 1.88. The number of aromatic nitrogens is 1. The van der Waals surface area contributed by atoms with Crippen molar-refractivity contribution >= 4 is 16.9 Å². The Balaban J connectivity index is 2.41. The number of hydrogen-bond donors (Lipinski definition) is 1. The quantitative estimate of drug-likeness (QED) is 0.883. The van der Waals surface area contributed by atoms with Gasteiger partial charge in [-0.1, -0.05) is 6.07 Å². The van der Waals surface area contributed by atoms with Crippen molar-refractivity contribution in [1.29, 1.82) is 0 Å². The van der Waals surface area contributed by atoms with Crippen LogP contribution in [0.15, 0.2) is 30.5 Å². The maximum absolute atomic E-state index is 10.5. The molecule has 0 unspecified atom stereocenters. The van der Waals surface area contributed by atoms with Crippen LogP contribution >= 0.6 is 0 Å². The number of fused-ring (bicyclic) bond motifs is 1. The average Bonchev–Trinajstić information content (AvgIpc) is 2.70.